The maximum Gasteiger partial charge on any atom is 0.264 e. The van der Waals surface area contributed by atoms with Gasteiger partial charge in [0.15, 0.2) is 0 Å². The Morgan fingerprint density at radius 2 is 1.71 bits per heavy atom. The lowest BCUT2D eigenvalue weighted by Crippen LogP contribution is -2.31. The normalized spacial score (nSPS) is 18.0. The lowest BCUT2D eigenvalue weighted by molar-refractivity contribution is -0.117. The molecule has 1 heterocycles. The number of amides is 2. The SMILES string of the molecule is CNC(=O)C(C#N)=C1SC(Cc2ccc(F)cc2)C(=O)N1c1ccc(F)cc1. The Balaban J connectivity index is 2.03. The number of nitrogens with zero attached hydrogens (tertiary/aromatic N) is 2. The van der Waals surface area contributed by atoms with Gasteiger partial charge in [-0.05, 0) is 48.4 Å². The molecule has 1 unspecified atom stereocenters. The monoisotopic (exact) mass is 399 g/mol. The summed E-state index contributed by atoms with van der Waals surface area (Å²) in [5.41, 5.74) is 0.893. The Hall–Kier alpha value is -3.18. The van der Waals surface area contributed by atoms with Gasteiger partial charge < -0.3 is 5.32 Å². The fourth-order valence-electron chi connectivity index (χ4n) is 2.77. The summed E-state index contributed by atoms with van der Waals surface area (Å²) in [5.74, 6) is -1.81. The van der Waals surface area contributed by atoms with Crippen LogP contribution in [0.15, 0.2) is 59.1 Å². The summed E-state index contributed by atoms with van der Waals surface area (Å²) in [5, 5.41) is 11.4. The molecule has 1 aliphatic heterocycles. The average Bonchev–Trinajstić information content (AvgIpc) is 3.00. The molecule has 28 heavy (non-hydrogen) atoms. The average molecular weight is 399 g/mol. The van der Waals surface area contributed by atoms with E-state index in [1.54, 1.807) is 12.1 Å². The van der Waals surface area contributed by atoms with E-state index in [0.29, 0.717) is 5.69 Å². The molecule has 0 saturated carbocycles. The van der Waals surface area contributed by atoms with Crippen LogP contribution < -0.4 is 10.2 Å². The highest BCUT2D eigenvalue weighted by molar-refractivity contribution is 8.05. The highest BCUT2D eigenvalue weighted by atomic mass is 32.2. The van der Waals surface area contributed by atoms with E-state index in [0.717, 1.165) is 17.3 Å². The summed E-state index contributed by atoms with van der Waals surface area (Å²) in [6.45, 7) is 0. The van der Waals surface area contributed by atoms with Crippen LogP contribution in [-0.4, -0.2) is 24.1 Å². The van der Waals surface area contributed by atoms with Gasteiger partial charge in [0.2, 0.25) is 5.91 Å². The van der Waals surface area contributed by atoms with Crippen molar-refractivity contribution in [3.05, 3.63) is 76.3 Å². The molecule has 0 radical (unpaired) electrons. The van der Waals surface area contributed by atoms with E-state index in [4.69, 9.17) is 0 Å². The van der Waals surface area contributed by atoms with E-state index in [1.165, 1.54) is 48.3 Å². The van der Waals surface area contributed by atoms with Crippen LogP contribution in [0.25, 0.3) is 0 Å². The van der Waals surface area contributed by atoms with Gasteiger partial charge in [-0.1, -0.05) is 23.9 Å². The molecular weight excluding hydrogens is 384 g/mol. The predicted octanol–water partition coefficient (Wildman–Crippen LogP) is 3.14. The Bertz CT molecular complexity index is 982. The third-order valence-electron chi connectivity index (χ3n) is 4.15. The molecule has 2 amide bonds. The summed E-state index contributed by atoms with van der Waals surface area (Å²) in [6.07, 6.45) is 0.289. The van der Waals surface area contributed by atoms with Crippen LogP contribution in [-0.2, 0) is 16.0 Å². The summed E-state index contributed by atoms with van der Waals surface area (Å²) in [6, 6.07) is 12.8. The number of likely N-dealkylation sites (N-methyl/N-ethyl adjacent to an activating group) is 1. The van der Waals surface area contributed by atoms with Gasteiger partial charge in [-0.25, -0.2) is 8.78 Å². The van der Waals surface area contributed by atoms with Crippen molar-refractivity contribution in [3.8, 4) is 6.07 Å². The van der Waals surface area contributed by atoms with Crippen LogP contribution >= 0.6 is 11.8 Å². The fourth-order valence-corrected chi connectivity index (χ4v) is 4.08. The summed E-state index contributed by atoms with van der Waals surface area (Å²) in [4.78, 5) is 26.4. The van der Waals surface area contributed by atoms with E-state index in [2.05, 4.69) is 5.32 Å². The minimum atomic E-state index is -0.618. The molecule has 1 aliphatic rings. The molecule has 3 rings (SSSR count). The zero-order chi connectivity index (χ0) is 20.3. The molecule has 0 aromatic heterocycles. The first kappa shape index (κ1) is 19.6. The highest BCUT2D eigenvalue weighted by Crippen LogP contribution is 2.41. The molecular formula is C20H15F2N3O2S. The number of hydrogen-bond acceptors (Lipinski definition) is 4. The van der Waals surface area contributed by atoms with Gasteiger partial charge in [0.1, 0.15) is 28.3 Å². The second-order valence-electron chi connectivity index (χ2n) is 5.96. The van der Waals surface area contributed by atoms with E-state index in [9.17, 15) is 23.6 Å². The summed E-state index contributed by atoms with van der Waals surface area (Å²) < 4.78 is 26.4. The van der Waals surface area contributed by atoms with E-state index in [1.807, 2.05) is 6.07 Å². The molecule has 0 bridgehead atoms. The van der Waals surface area contributed by atoms with E-state index < -0.39 is 17.0 Å². The summed E-state index contributed by atoms with van der Waals surface area (Å²) in [7, 11) is 1.39. The fraction of sp³-hybridized carbons (Fsp3) is 0.150. The number of anilines is 1. The quantitative estimate of drug-likeness (QED) is 0.633. The molecule has 1 N–H and O–H groups in total. The van der Waals surface area contributed by atoms with Crippen molar-refractivity contribution in [3.63, 3.8) is 0 Å². The van der Waals surface area contributed by atoms with E-state index >= 15 is 0 Å². The van der Waals surface area contributed by atoms with Crippen molar-refractivity contribution in [2.75, 3.05) is 11.9 Å². The Morgan fingerprint density at radius 3 is 2.25 bits per heavy atom. The molecule has 5 nitrogen and oxygen atoms in total. The lowest BCUT2D eigenvalue weighted by Gasteiger charge is -2.18. The van der Waals surface area contributed by atoms with Gasteiger partial charge in [0, 0.05) is 12.7 Å². The van der Waals surface area contributed by atoms with Gasteiger partial charge in [-0.3, -0.25) is 14.5 Å². The molecule has 1 fully saturated rings. The van der Waals surface area contributed by atoms with Crippen molar-refractivity contribution in [2.24, 2.45) is 0 Å². The first-order chi connectivity index (χ1) is 13.4. The maximum atomic E-state index is 13.3. The number of benzene rings is 2. The number of hydrogen-bond donors (Lipinski definition) is 1. The van der Waals surface area contributed by atoms with Crippen molar-refractivity contribution >= 4 is 29.3 Å². The van der Waals surface area contributed by atoms with Crippen molar-refractivity contribution in [1.29, 1.82) is 5.26 Å². The van der Waals surface area contributed by atoms with Gasteiger partial charge >= 0.3 is 0 Å². The molecule has 0 aliphatic carbocycles. The van der Waals surface area contributed by atoms with Crippen LogP contribution in [0.4, 0.5) is 14.5 Å². The number of carbonyl (C=O) groups is 2. The number of rotatable bonds is 4. The standard InChI is InChI=1S/C20H15F2N3O2S/c1-24-18(26)16(11-23)20-25(15-8-6-14(22)7-9-15)19(27)17(28-20)10-12-2-4-13(21)5-3-12/h2-9,17H,10H2,1H3,(H,24,26). The van der Waals surface area contributed by atoms with E-state index in [-0.39, 0.29) is 28.7 Å². The van der Waals surface area contributed by atoms with Gasteiger partial charge in [0.05, 0.1) is 5.25 Å². The van der Waals surface area contributed by atoms with Crippen molar-refractivity contribution < 1.29 is 18.4 Å². The third kappa shape index (κ3) is 3.89. The van der Waals surface area contributed by atoms with Crippen molar-refractivity contribution in [1.82, 2.24) is 5.32 Å². The zero-order valence-electron chi connectivity index (χ0n) is 14.8. The smallest absolute Gasteiger partial charge is 0.264 e. The third-order valence-corrected chi connectivity index (χ3v) is 5.41. The van der Waals surface area contributed by atoms with Crippen LogP contribution in [0, 0.1) is 23.0 Å². The molecule has 2 aromatic rings. The highest BCUT2D eigenvalue weighted by Gasteiger charge is 2.40. The van der Waals surface area contributed by atoms with Crippen LogP contribution in [0.1, 0.15) is 5.56 Å². The van der Waals surface area contributed by atoms with Gasteiger partial charge in [0.25, 0.3) is 5.91 Å². The topological polar surface area (TPSA) is 73.2 Å². The van der Waals surface area contributed by atoms with Crippen LogP contribution in [0.5, 0.6) is 0 Å². The second-order valence-corrected chi connectivity index (χ2v) is 7.15. The van der Waals surface area contributed by atoms with Gasteiger partial charge in [-0.2, -0.15) is 5.26 Å². The van der Waals surface area contributed by atoms with Crippen molar-refractivity contribution in [2.45, 2.75) is 11.7 Å². The number of thioether (sulfide) groups is 1. The molecule has 1 saturated heterocycles. The minimum absolute atomic E-state index is 0.186. The van der Waals surface area contributed by atoms with Gasteiger partial charge in [-0.15, -0.1) is 0 Å². The molecule has 0 spiro atoms. The lowest BCUT2D eigenvalue weighted by atomic mass is 10.1. The molecule has 2 aromatic carbocycles. The number of halogens is 2. The number of nitriles is 1. The Labute approximate surface area is 164 Å². The van der Waals surface area contributed by atoms with Crippen LogP contribution in [0.2, 0.25) is 0 Å². The maximum absolute atomic E-state index is 13.3. The second kappa shape index (κ2) is 8.23. The minimum Gasteiger partial charge on any atom is -0.354 e. The largest absolute Gasteiger partial charge is 0.354 e. The Kier molecular flexibility index (Phi) is 5.76. The molecule has 8 heteroatoms. The zero-order valence-corrected chi connectivity index (χ0v) is 15.6. The predicted molar refractivity (Wildman–Crippen MR) is 102 cm³/mol. The molecule has 1 atom stereocenters. The summed E-state index contributed by atoms with van der Waals surface area (Å²) >= 11 is 1.09. The Morgan fingerprint density at radius 1 is 1.14 bits per heavy atom. The molecule has 142 valence electrons. The number of carbonyl (C=O) groups excluding carboxylic acids is 2. The first-order valence-corrected chi connectivity index (χ1v) is 9.19. The van der Waals surface area contributed by atoms with Crippen LogP contribution in [0.3, 0.4) is 0 Å². The number of nitrogens with one attached hydrogen (secondary N) is 1. The first-order valence-electron chi connectivity index (χ1n) is 8.31.